The first-order valence-corrected chi connectivity index (χ1v) is 6.30. The number of rotatable bonds is 4. The van der Waals surface area contributed by atoms with E-state index in [2.05, 4.69) is 10.3 Å². The molecule has 19 heavy (non-hydrogen) atoms. The molecule has 6 nitrogen and oxygen atoms in total. The summed E-state index contributed by atoms with van der Waals surface area (Å²) in [5.41, 5.74) is 1.36. The van der Waals surface area contributed by atoms with E-state index in [4.69, 9.17) is 4.74 Å². The van der Waals surface area contributed by atoms with Gasteiger partial charge in [-0.05, 0) is 32.4 Å². The van der Waals surface area contributed by atoms with Gasteiger partial charge in [-0.15, -0.1) is 0 Å². The Kier molecular flexibility index (Phi) is 4.11. The maximum Gasteiger partial charge on any atom is 0.295 e. The van der Waals surface area contributed by atoms with E-state index < -0.39 is 4.92 Å². The number of nitrogens with one attached hydrogen (secondary N) is 1. The van der Waals surface area contributed by atoms with Crippen LogP contribution in [0.25, 0.3) is 5.57 Å². The van der Waals surface area contributed by atoms with Crippen molar-refractivity contribution < 1.29 is 9.66 Å². The first-order chi connectivity index (χ1) is 9.08. The van der Waals surface area contributed by atoms with Gasteiger partial charge in [-0.1, -0.05) is 6.08 Å². The number of aromatic nitrogens is 1. The zero-order chi connectivity index (χ0) is 13.8. The van der Waals surface area contributed by atoms with Gasteiger partial charge in [0.25, 0.3) is 5.69 Å². The average molecular weight is 263 g/mol. The fourth-order valence-corrected chi connectivity index (χ4v) is 1.96. The molecule has 0 unspecified atom stereocenters. The Morgan fingerprint density at radius 1 is 1.47 bits per heavy atom. The number of hydrogen-bond acceptors (Lipinski definition) is 5. The predicted molar refractivity (Wildman–Crippen MR) is 72.1 cm³/mol. The molecule has 102 valence electrons. The highest BCUT2D eigenvalue weighted by Gasteiger charge is 2.21. The van der Waals surface area contributed by atoms with Crippen LogP contribution in [0.1, 0.15) is 26.0 Å². The number of pyridine rings is 1. The standard InChI is InChI=1S/C13H17N3O3/c1-9(2)19-12-4-3-11(16(17)18)13(15-12)10-5-7-14-8-6-10/h3-5,9,14H,6-8H2,1-2H3. The molecule has 0 radical (unpaired) electrons. The molecule has 0 amide bonds. The van der Waals surface area contributed by atoms with Crippen molar-refractivity contribution in [2.45, 2.75) is 26.4 Å². The van der Waals surface area contributed by atoms with Gasteiger partial charge in [0.05, 0.1) is 11.0 Å². The fraction of sp³-hybridized carbons (Fsp3) is 0.462. The molecular formula is C13H17N3O3. The zero-order valence-electron chi connectivity index (χ0n) is 11.0. The second-order valence-electron chi connectivity index (χ2n) is 4.62. The quantitative estimate of drug-likeness (QED) is 0.665. The maximum absolute atomic E-state index is 11.1. The predicted octanol–water partition coefficient (Wildman–Crippen LogP) is 2.15. The van der Waals surface area contributed by atoms with E-state index in [0.717, 1.165) is 18.5 Å². The second-order valence-corrected chi connectivity index (χ2v) is 4.62. The lowest BCUT2D eigenvalue weighted by molar-refractivity contribution is -0.385. The van der Waals surface area contributed by atoms with Crippen LogP contribution >= 0.6 is 0 Å². The van der Waals surface area contributed by atoms with Gasteiger partial charge in [0, 0.05) is 18.7 Å². The van der Waals surface area contributed by atoms with Gasteiger partial charge in [-0.3, -0.25) is 10.1 Å². The molecule has 2 rings (SSSR count). The Bertz CT molecular complexity index is 512. The highest BCUT2D eigenvalue weighted by molar-refractivity contribution is 5.71. The summed E-state index contributed by atoms with van der Waals surface area (Å²) in [7, 11) is 0. The molecule has 0 spiro atoms. The van der Waals surface area contributed by atoms with E-state index in [1.165, 1.54) is 6.07 Å². The van der Waals surface area contributed by atoms with Gasteiger partial charge >= 0.3 is 0 Å². The first-order valence-electron chi connectivity index (χ1n) is 6.30. The van der Waals surface area contributed by atoms with Crippen LogP contribution < -0.4 is 10.1 Å². The van der Waals surface area contributed by atoms with Crippen LogP contribution in [0.4, 0.5) is 5.69 Å². The molecule has 0 saturated heterocycles. The van der Waals surface area contributed by atoms with E-state index in [-0.39, 0.29) is 11.8 Å². The molecule has 1 aromatic rings. The summed E-state index contributed by atoms with van der Waals surface area (Å²) < 4.78 is 5.50. The van der Waals surface area contributed by atoms with Gasteiger partial charge in [0.2, 0.25) is 5.88 Å². The molecule has 0 bridgehead atoms. The van der Waals surface area contributed by atoms with E-state index in [1.807, 2.05) is 19.9 Å². The lowest BCUT2D eigenvalue weighted by Crippen LogP contribution is -2.20. The lowest BCUT2D eigenvalue weighted by Gasteiger charge is -2.15. The topological polar surface area (TPSA) is 77.3 Å². The lowest BCUT2D eigenvalue weighted by atomic mass is 10.0. The summed E-state index contributed by atoms with van der Waals surface area (Å²) >= 11 is 0. The Morgan fingerprint density at radius 2 is 2.26 bits per heavy atom. The summed E-state index contributed by atoms with van der Waals surface area (Å²) in [5.74, 6) is 0.426. The Morgan fingerprint density at radius 3 is 2.84 bits per heavy atom. The molecule has 0 fully saturated rings. The van der Waals surface area contributed by atoms with Crippen LogP contribution in [0.15, 0.2) is 18.2 Å². The Balaban J connectivity index is 2.41. The third-order valence-corrected chi connectivity index (χ3v) is 2.77. The van der Waals surface area contributed by atoms with Gasteiger partial charge in [-0.2, -0.15) is 0 Å². The van der Waals surface area contributed by atoms with Crippen LogP contribution in [0, 0.1) is 10.1 Å². The fourth-order valence-electron chi connectivity index (χ4n) is 1.96. The van der Waals surface area contributed by atoms with Crippen molar-refractivity contribution in [2.75, 3.05) is 13.1 Å². The molecule has 2 heterocycles. The summed E-state index contributed by atoms with van der Waals surface area (Å²) in [5, 5.41) is 14.3. The minimum absolute atomic E-state index is 0.0104. The van der Waals surface area contributed by atoms with E-state index in [0.29, 0.717) is 18.1 Å². The highest BCUT2D eigenvalue weighted by atomic mass is 16.6. The van der Waals surface area contributed by atoms with Crippen LogP contribution in [0.5, 0.6) is 5.88 Å². The van der Waals surface area contributed by atoms with Gasteiger partial charge in [0.1, 0.15) is 5.69 Å². The van der Waals surface area contributed by atoms with Crippen molar-refractivity contribution in [3.63, 3.8) is 0 Å². The summed E-state index contributed by atoms with van der Waals surface area (Å²) in [4.78, 5) is 15.0. The van der Waals surface area contributed by atoms with Crippen LogP contribution in [-0.4, -0.2) is 29.1 Å². The maximum atomic E-state index is 11.1. The van der Waals surface area contributed by atoms with E-state index >= 15 is 0 Å². The molecule has 0 aliphatic carbocycles. The normalized spacial score (nSPS) is 15.2. The van der Waals surface area contributed by atoms with Gasteiger partial charge in [-0.25, -0.2) is 4.98 Å². The van der Waals surface area contributed by atoms with Crippen molar-refractivity contribution in [3.05, 3.63) is 34.0 Å². The minimum Gasteiger partial charge on any atom is -0.475 e. The van der Waals surface area contributed by atoms with Crippen molar-refractivity contribution in [3.8, 4) is 5.88 Å². The largest absolute Gasteiger partial charge is 0.475 e. The van der Waals surface area contributed by atoms with E-state index in [1.54, 1.807) is 6.07 Å². The summed E-state index contributed by atoms with van der Waals surface area (Å²) in [6.07, 6.45) is 2.67. The number of hydrogen-bond donors (Lipinski definition) is 1. The second kappa shape index (κ2) is 5.79. The van der Waals surface area contributed by atoms with Crippen LogP contribution in [-0.2, 0) is 0 Å². The van der Waals surface area contributed by atoms with E-state index in [9.17, 15) is 10.1 Å². The van der Waals surface area contributed by atoms with Crippen molar-refractivity contribution in [1.29, 1.82) is 0 Å². The SMILES string of the molecule is CC(C)Oc1ccc([N+](=O)[O-])c(C2=CCNCC2)n1. The molecule has 0 aromatic carbocycles. The molecular weight excluding hydrogens is 246 g/mol. The number of nitrogens with zero attached hydrogens (tertiary/aromatic N) is 2. The van der Waals surface area contributed by atoms with Crippen LogP contribution in [0.3, 0.4) is 0 Å². The number of nitro groups is 1. The highest BCUT2D eigenvalue weighted by Crippen LogP contribution is 2.29. The molecule has 0 atom stereocenters. The van der Waals surface area contributed by atoms with Crippen LogP contribution in [0.2, 0.25) is 0 Å². The molecule has 6 heteroatoms. The molecule has 1 aliphatic rings. The molecule has 1 aromatic heterocycles. The Hall–Kier alpha value is -1.95. The first kappa shape index (κ1) is 13.5. The Labute approximate surface area is 111 Å². The number of ether oxygens (including phenoxy) is 1. The molecule has 0 saturated carbocycles. The monoisotopic (exact) mass is 263 g/mol. The van der Waals surface area contributed by atoms with Crippen molar-refractivity contribution in [2.24, 2.45) is 0 Å². The minimum atomic E-state index is -0.398. The van der Waals surface area contributed by atoms with Crippen molar-refractivity contribution >= 4 is 11.3 Å². The smallest absolute Gasteiger partial charge is 0.295 e. The third-order valence-electron chi connectivity index (χ3n) is 2.77. The van der Waals surface area contributed by atoms with Gasteiger partial charge < -0.3 is 10.1 Å². The molecule has 1 N–H and O–H groups in total. The molecule has 1 aliphatic heterocycles. The third kappa shape index (κ3) is 3.29. The van der Waals surface area contributed by atoms with Gasteiger partial charge in [0.15, 0.2) is 0 Å². The van der Waals surface area contributed by atoms with Crippen molar-refractivity contribution in [1.82, 2.24) is 10.3 Å². The summed E-state index contributed by atoms with van der Waals surface area (Å²) in [6.45, 7) is 5.31. The zero-order valence-corrected chi connectivity index (χ0v) is 11.0. The average Bonchev–Trinajstić information content (AvgIpc) is 2.38. The summed E-state index contributed by atoms with van der Waals surface area (Å²) in [6, 6.07) is 3.01.